The smallest absolute Gasteiger partial charge is 0.295 e. The summed E-state index contributed by atoms with van der Waals surface area (Å²) in [6.07, 6.45) is 5.27. The highest BCUT2D eigenvalue weighted by atomic mass is 16.5. The zero-order chi connectivity index (χ0) is 26.8. The second kappa shape index (κ2) is 13.8. The number of benzene rings is 2. The van der Waals surface area contributed by atoms with Gasteiger partial charge in [0.05, 0.1) is 25.8 Å². The minimum atomic E-state index is -0.738. The second-order valence-electron chi connectivity index (χ2n) is 9.37. The largest absolute Gasteiger partial charge is 0.507 e. The molecule has 37 heavy (non-hydrogen) atoms. The molecular formula is C30H40N2O5. The first-order valence-corrected chi connectivity index (χ1v) is 13.2. The third kappa shape index (κ3) is 6.72. The third-order valence-corrected chi connectivity index (χ3v) is 6.87. The predicted molar refractivity (Wildman–Crippen MR) is 146 cm³/mol. The number of hydrogen-bond acceptors (Lipinski definition) is 6. The minimum Gasteiger partial charge on any atom is -0.507 e. The Bertz CT molecular complexity index is 1070. The first-order chi connectivity index (χ1) is 18.0. The summed E-state index contributed by atoms with van der Waals surface area (Å²) in [6.45, 7) is 7.69. The number of para-hydroxylation sites is 1. The van der Waals surface area contributed by atoms with E-state index >= 15 is 0 Å². The van der Waals surface area contributed by atoms with Crippen molar-refractivity contribution in [1.29, 1.82) is 0 Å². The van der Waals surface area contributed by atoms with Gasteiger partial charge in [-0.3, -0.25) is 9.59 Å². The van der Waals surface area contributed by atoms with Crippen molar-refractivity contribution in [3.63, 3.8) is 0 Å². The number of nitrogens with zero attached hydrogens (tertiary/aromatic N) is 2. The number of Topliss-reactive ketones (excluding diaryl/α,β-unsaturated/α-hetero) is 1. The molecule has 0 bridgehead atoms. The van der Waals surface area contributed by atoms with Gasteiger partial charge < -0.3 is 24.4 Å². The highest BCUT2D eigenvalue weighted by Crippen LogP contribution is 2.42. The maximum absolute atomic E-state index is 13.3. The van der Waals surface area contributed by atoms with Crippen LogP contribution in [0.25, 0.3) is 5.76 Å². The molecular weight excluding hydrogens is 468 g/mol. The Labute approximate surface area is 220 Å². The number of ketones is 1. The number of ether oxygens (including phenoxy) is 2. The predicted octanol–water partition coefficient (Wildman–Crippen LogP) is 5.42. The number of methoxy groups -OCH3 is 2. The van der Waals surface area contributed by atoms with Gasteiger partial charge in [-0.1, -0.05) is 44.9 Å². The monoisotopic (exact) mass is 508 g/mol. The van der Waals surface area contributed by atoms with Crippen LogP contribution >= 0.6 is 0 Å². The average Bonchev–Trinajstić information content (AvgIpc) is 3.18. The Morgan fingerprint density at radius 2 is 1.51 bits per heavy atom. The van der Waals surface area contributed by atoms with Gasteiger partial charge in [0.25, 0.3) is 11.7 Å². The lowest BCUT2D eigenvalue weighted by Crippen LogP contribution is -2.34. The van der Waals surface area contributed by atoms with Gasteiger partial charge in [-0.05, 0) is 69.2 Å². The highest BCUT2D eigenvalue weighted by Gasteiger charge is 2.46. The van der Waals surface area contributed by atoms with Crippen LogP contribution in [0, 0.1) is 0 Å². The first kappa shape index (κ1) is 28.3. The molecule has 3 rings (SSSR count). The van der Waals surface area contributed by atoms with Crippen molar-refractivity contribution >= 4 is 17.4 Å². The fourth-order valence-corrected chi connectivity index (χ4v) is 4.79. The van der Waals surface area contributed by atoms with Crippen LogP contribution in [0.4, 0.5) is 0 Å². The number of aliphatic hydroxyl groups is 1. The Hall–Kier alpha value is -3.32. The summed E-state index contributed by atoms with van der Waals surface area (Å²) in [5, 5.41) is 11.3. The Balaban J connectivity index is 1.96. The van der Waals surface area contributed by atoms with Crippen LogP contribution in [0.1, 0.15) is 63.1 Å². The van der Waals surface area contributed by atoms with Crippen LogP contribution in [0.5, 0.6) is 11.5 Å². The molecule has 0 saturated carbocycles. The lowest BCUT2D eigenvalue weighted by Gasteiger charge is -2.28. The minimum absolute atomic E-state index is 0.0773. The molecule has 0 aliphatic carbocycles. The number of carbonyl (C=O) groups is 2. The number of aliphatic hydroxyl groups excluding tert-OH is 1. The number of hydrogen-bond donors (Lipinski definition) is 1. The maximum Gasteiger partial charge on any atom is 0.295 e. The topological polar surface area (TPSA) is 79.3 Å². The molecule has 1 fully saturated rings. The maximum atomic E-state index is 13.3. The highest BCUT2D eigenvalue weighted by molar-refractivity contribution is 6.46. The third-order valence-electron chi connectivity index (χ3n) is 6.87. The molecule has 2 aromatic carbocycles. The quantitative estimate of drug-likeness (QED) is 0.209. The van der Waals surface area contributed by atoms with E-state index < -0.39 is 17.7 Å². The fourth-order valence-electron chi connectivity index (χ4n) is 4.79. The molecule has 1 atom stereocenters. The van der Waals surface area contributed by atoms with E-state index in [1.807, 2.05) is 18.2 Å². The summed E-state index contributed by atoms with van der Waals surface area (Å²) in [5.41, 5.74) is 1.20. The molecule has 7 heteroatoms. The molecule has 0 spiro atoms. The number of amides is 1. The standard InChI is InChI=1S/C30H40N2O5/c1-5-7-18-31(19-8-6-2)20-11-21-32-27(24-12-9-10-13-25(24)37-4)26(29(34)30(32)35)28(33)22-14-16-23(36-3)17-15-22/h9-10,12-17,27,33H,5-8,11,18-21H2,1-4H3/t27-/m0/s1. The van der Waals surface area contributed by atoms with E-state index in [9.17, 15) is 14.7 Å². The van der Waals surface area contributed by atoms with Crippen molar-refractivity contribution in [2.75, 3.05) is 40.4 Å². The van der Waals surface area contributed by atoms with Crippen molar-refractivity contribution in [3.05, 3.63) is 65.2 Å². The van der Waals surface area contributed by atoms with Gasteiger partial charge >= 0.3 is 0 Å². The molecule has 0 aromatic heterocycles. The second-order valence-corrected chi connectivity index (χ2v) is 9.37. The Kier molecular flexibility index (Phi) is 10.6. The zero-order valence-electron chi connectivity index (χ0n) is 22.5. The van der Waals surface area contributed by atoms with Crippen molar-refractivity contribution in [1.82, 2.24) is 9.80 Å². The van der Waals surface area contributed by atoms with Crippen LogP contribution in [0.3, 0.4) is 0 Å². The zero-order valence-corrected chi connectivity index (χ0v) is 22.5. The molecule has 200 valence electrons. The summed E-state index contributed by atoms with van der Waals surface area (Å²) >= 11 is 0. The molecule has 2 aromatic rings. The Morgan fingerprint density at radius 3 is 2.11 bits per heavy atom. The van der Waals surface area contributed by atoms with E-state index in [0.29, 0.717) is 29.2 Å². The fraction of sp³-hybridized carbons (Fsp3) is 0.467. The van der Waals surface area contributed by atoms with Gasteiger partial charge in [0.2, 0.25) is 0 Å². The van der Waals surface area contributed by atoms with Crippen LogP contribution in [0.2, 0.25) is 0 Å². The van der Waals surface area contributed by atoms with Crippen molar-refractivity contribution < 1.29 is 24.2 Å². The summed E-state index contributed by atoms with van der Waals surface area (Å²) in [5.74, 6) is -0.286. The van der Waals surface area contributed by atoms with Crippen LogP contribution in [-0.2, 0) is 9.59 Å². The van der Waals surface area contributed by atoms with Crippen LogP contribution < -0.4 is 9.47 Å². The van der Waals surface area contributed by atoms with E-state index in [4.69, 9.17) is 9.47 Å². The molecule has 1 saturated heterocycles. The number of likely N-dealkylation sites (tertiary alicyclic amines) is 1. The first-order valence-electron chi connectivity index (χ1n) is 13.2. The summed E-state index contributed by atoms with van der Waals surface area (Å²) in [6, 6.07) is 13.4. The molecule has 1 heterocycles. The summed E-state index contributed by atoms with van der Waals surface area (Å²) in [7, 11) is 3.13. The normalized spacial score (nSPS) is 17.0. The van der Waals surface area contributed by atoms with Gasteiger partial charge in [-0.2, -0.15) is 0 Å². The summed E-state index contributed by atoms with van der Waals surface area (Å²) in [4.78, 5) is 30.7. The van der Waals surface area contributed by atoms with E-state index in [-0.39, 0.29) is 11.3 Å². The van der Waals surface area contributed by atoms with Gasteiger partial charge in [-0.25, -0.2) is 0 Å². The molecule has 0 unspecified atom stereocenters. The number of unbranched alkanes of at least 4 members (excludes halogenated alkanes) is 2. The number of rotatable bonds is 14. The van der Waals surface area contributed by atoms with Gasteiger partial charge in [0, 0.05) is 17.7 Å². The molecule has 7 nitrogen and oxygen atoms in total. The van der Waals surface area contributed by atoms with Crippen molar-refractivity contribution in [3.8, 4) is 11.5 Å². The lowest BCUT2D eigenvalue weighted by atomic mass is 9.94. The van der Waals surface area contributed by atoms with Crippen LogP contribution in [0.15, 0.2) is 54.1 Å². The molecule has 0 radical (unpaired) electrons. The van der Waals surface area contributed by atoms with Gasteiger partial charge in [0.15, 0.2) is 0 Å². The molecule has 1 aliphatic heterocycles. The van der Waals surface area contributed by atoms with Crippen molar-refractivity contribution in [2.45, 2.75) is 52.0 Å². The van der Waals surface area contributed by atoms with Crippen molar-refractivity contribution in [2.24, 2.45) is 0 Å². The van der Waals surface area contributed by atoms with E-state index in [0.717, 1.165) is 51.7 Å². The lowest BCUT2D eigenvalue weighted by molar-refractivity contribution is -0.140. The van der Waals surface area contributed by atoms with E-state index in [2.05, 4.69) is 18.7 Å². The molecule has 1 N–H and O–H groups in total. The van der Waals surface area contributed by atoms with E-state index in [1.165, 1.54) is 0 Å². The number of carbonyl (C=O) groups excluding carboxylic acids is 2. The average molecular weight is 509 g/mol. The SMILES string of the molecule is CCCCN(CCCC)CCCN1C(=O)C(=O)C(=C(O)c2ccc(OC)cc2)[C@@H]1c1ccccc1OC. The van der Waals surface area contributed by atoms with Gasteiger partial charge in [0.1, 0.15) is 17.3 Å². The van der Waals surface area contributed by atoms with E-state index in [1.54, 1.807) is 49.5 Å². The van der Waals surface area contributed by atoms with Crippen LogP contribution in [-0.4, -0.2) is 67.0 Å². The molecule has 1 amide bonds. The molecule has 1 aliphatic rings. The summed E-state index contributed by atoms with van der Waals surface area (Å²) < 4.78 is 10.8. The van der Waals surface area contributed by atoms with Gasteiger partial charge in [-0.15, -0.1) is 0 Å². The Morgan fingerprint density at radius 1 is 0.892 bits per heavy atom.